The van der Waals surface area contributed by atoms with Crippen molar-refractivity contribution in [3.63, 3.8) is 0 Å². The summed E-state index contributed by atoms with van der Waals surface area (Å²) in [5, 5.41) is 1.26. The van der Waals surface area contributed by atoms with Crippen LogP contribution in [-0.4, -0.2) is 4.98 Å². The minimum Gasteiger partial charge on any atom is -0.241 e. The van der Waals surface area contributed by atoms with Crippen LogP contribution in [0.3, 0.4) is 0 Å². The molecular weight excluding hydrogens is 306 g/mol. The number of aromatic nitrogens is 1. The smallest absolute Gasteiger partial charge is 0.0935 e. The Morgan fingerprint density at radius 3 is 2.78 bits per heavy atom. The molecule has 0 saturated heterocycles. The van der Waals surface area contributed by atoms with E-state index >= 15 is 0 Å². The summed E-state index contributed by atoms with van der Waals surface area (Å²) in [4.78, 5) is 6.10. The molecule has 0 aliphatic heterocycles. The lowest BCUT2D eigenvalue weighted by Gasteiger charge is -2.01. The van der Waals surface area contributed by atoms with Crippen LogP contribution >= 0.6 is 27.3 Å². The van der Waals surface area contributed by atoms with Gasteiger partial charge in [0.25, 0.3) is 0 Å². The zero-order valence-corrected chi connectivity index (χ0v) is 13.4. The fraction of sp³-hybridized carbons (Fsp3) is 0.400. The van der Waals surface area contributed by atoms with Crippen LogP contribution in [-0.2, 0) is 6.42 Å². The van der Waals surface area contributed by atoms with Crippen molar-refractivity contribution in [3.8, 4) is 11.3 Å². The van der Waals surface area contributed by atoms with E-state index in [0.717, 1.165) is 22.5 Å². The molecule has 0 amide bonds. The summed E-state index contributed by atoms with van der Waals surface area (Å²) in [5.74, 6) is 0.739. The zero-order chi connectivity index (χ0) is 13.1. The van der Waals surface area contributed by atoms with Crippen molar-refractivity contribution in [1.29, 1.82) is 0 Å². The van der Waals surface area contributed by atoms with Gasteiger partial charge in [0.2, 0.25) is 0 Å². The lowest BCUT2D eigenvalue weighted by Crippen LogP contribution is -1.91. The zero-order valence-electron chi connectivity index (χ0n) is 11.0. The summed E-state index contributed by atoms with van der Waals surface area (Å²) in [7, 11) is 0. The van der Waals surface area contributed by atoms with Gasteiger partial charge in [-0.05, 0) is 37.8 Å². The molecule has 0 bridgehead atoms. The Bertz CT molecular complexity index is 531. The highest BCUT2D eigenvalue weighted by atomic mass is 79.9. The van der Waals surface area contributed by atoms with Gasteiger partial charge in [0.1, 0.15) is 0 Å². The molecule has 0 radical (unpaired) electrons. The fourth-order valence-electron chi connectivity index (χ4n) is 1.87. The van der Waals surface area contributed by atoms with Gasteiger partial charge >= 0.3 is 0 Å². The molecule has 1 heterocycles. The molecule has 18 heavy (non-hydrogen) atoms. The van der Waals surface area contributed by atoms with Crippen LogP contribution < -0.4 is 0 Å². The normalized spacial score (nSPS) is 11.2. The summed E-state index contributed by atoms with van der Waals surface area (Å²) in [6.45, 7) is 6.68. The second-order valence-electron chi connectivity index (χ2n) is 4.96. The minimum atomic E-state index is 0.739. The maximum absolute atomic E-state index is 4.79. The first-order valence-corrected chi connectivity index (χ1v) is 7.89. The van der Waals surface area contributed by atoms with Gasteiger partial charge < -0.3 is 0 Å². The van der Waals surface area contributed by atoms with Crippen molar-refractivity contribution in [2.45, 2.75) is 33.6 Å². The second kappa shape index (κ2) is 5.98. The molecule has 0 aliphatic rings. The third-order valence-electron chi connectivity index (χ3n) is 2.87. The van der Waals surface area contributed by atoms with Gasteiger partial charge in [-0.15, -0.1) is 11.3 Å². The highest BCUT2D eigenvalue weighted by Gasteiger charge is 2.10. The van der Waals surface area contributed by atoms with E-state index in [2.05, 4.69) is 54.9 Å². The van der Waals surface area contributed by atoms with Crippen LogP contribution in [0.2, 0.25) is 0 Å². The summed E-state index contributed by atoms with van der Waals surface area (Å²) in [6, 6.07) is 8.37. The van der Waals surface area contributed by atoms with Gasteiger partial charge in [-0.1, -0.05) is 41.9 Å². The van der Waals surface area contributed by atoms with E-state index in [9.17, 15) is 0 Å². The number of nitrogens with zero attached hydrogens (tertiary/aromatic N) is 1. The lowest BCUT2D eigenvalue weighted by atomic mass is 10.1. The molecule has 96 valence electrons. The van der Waals surface area contributed by atoms with Gasteiger partial charge in [-0.3, -0.25) is 0 Å². The molecule has 2 aromatic rings. The lowest BCUT2D eigenvalue weighted by molar-refractivity contribution is 0.585. The highest BCUT2D eigenvalue weighted by Crippen LogP contribution is 2.30. The number of aryl methyl sites for hydroxylation is 2. The molecule has 0 atom stereocenters. The van der Waals surface area contributed by atoms with Gasteiger partial charge in [0.05, 0.1) is 10.7 Å². The van der Waals surface area contributed by atoms with E-state index in [1.807, 2.05) is 17.4 Å². The molecule has 2 rings (SSSR count). The van der Waals surface area contributed by atoms with Crippen LogP contribution in [0.15, 0.2) is 28.7 Å². The van der Waals surface area contributed by atoms with Gasteiger partial charge in [-0.2, -0.15) is 0 Å². The Hall–Kier alpha value is -0.670. The molecule has 0 unspecified atom stereocenters. The van der Waals surface area contributed by atoms with E-state index in [1.165, 1.54) is 21.9 Å². The number of benzene rings is 1. The van der Waals surface area contributed by atoms with E-state index in [1.54, 1.807) is 0 Å². The van der Waals surface area contributed by atoms with E-state index in [4.69, 9.17) is 4.98 Å². The monoisotopic (exact) mass is 323 g/mol. The van der Waals surface area contributed by atoms with E-state index < -0.39 is 0 Å². The molecule has 1 aromatic carbocycles. The highest BCUT2D eigenvalue weighted by molar-refractivity contribution is 9.10. The number of rotatable bonds is 4. The van der Waals surface area contributed by atoms with Crippen LogP contribution in [0.25, 0.3) is 11.3 Å². The van der Waals surface area contributed by atoms with Crippen molar-refractivity contribution >= 4 is 27.3 Å². The van der Waals surface area contributed by atoms with Crippen molar-refractivity contribution < 1.29 is 0 Å². The summed E-state index contributed by atoms with van der Waals surface area (Å²) in [5.41, 5.74) is 2.34. The third-order valence-corrected chi connectivity index (χ3v) is 4.40. The Labute approximate surface area is 121 Å². The standard InChI is InChI=1S/C15H18BrNS/c1-10(2)7-8-14-17-15(11(3)18-14)12-5-4-6-13(16)9-12/h4-6,9-10H,7-8H2,1-3H3. The SMILES string of the molecule is Cc1sc(CCC(C)C)nc1-c1cccc(Br)c1. The molecule has 1 nitrogen and oxygen atoms in total. The van der Waals surface area contributed by atoms with Crippen molar-refractivity contribution in [1.82, 2.24) is 4.98 Å². The molecule has 0 fully saturated rings. The first kappa shape index (κ1) is 13.8. The maximum Gasteiger partial charge on any atom is 0.0935 e. The number of thiazole rings is 1. The molecular formula is C15H18BrNS. The van der Waals surface area contributed by atoms with Crippen molar-refractivity contribution in [2.24, 2.45) is 5.92 Å². The average molecular weight is 324 g/mol. The summed E-state index contributed by atoms with van der Waals surface area (Å²) < 4.78 is 1.11. The van der Waals surface area contributed by atoms with E-state index in [-0.39, 0.29) is 0 Å². The topological polar surface area (TPSA) is 12.9 Å². The van der Waals surface area contributed by atoms with E-state index in [0.29, 0.717) is 0 Å². The Kier molecular flexibility index (Phi) is 4.57. The van der Waals surface area contributed by atoms with Crippen molar-refractivity contribution in [2.75, 3.05) is 0 Å². The van der Waals surface area contributed by atoms with Crippen LogP contribution in [0.4, 0.5) is 0 Å². The minimum absolute atomic E-state index is 0.739. The number of hydrogen-bond donors (Lipinski definition) is 0. The Morgan fingerprint density at radius 2 is 2.11 bits per heavy atom. The molecule has 0 spiro atoms. The first-order valence-electron chi connectivity index (χ1n) is 6.28. The van der Waals surface area contributed by atoms with Crippen LogP contribution in [0, 0.1) is 12.8 Å². The van der Waals surface area contributed by atoms with Gasteiger partial charge in [-0.25, -0.2) is 4.98 Å². The maximum atomic E-state index is 4.79. The van der Waals surface area contributed by atoms with Gasteiger partial charge in [0, 0.05) is 14.9 Å². The molecule has 1 aromatic heterocycles. The summed E-state index contributed by atoms with van der Waals surface area (Å²) in [6.07, 6.45) is 2.31. The average Bonchev–Trinajstić information content (AvgIpc) is 2.68. The Morgan fingerprint density at radius 1 is 1.33 bits per heavy atom. The summed E-state index contributed by atoms with van der Waals surface area (Å²) >= 11 is 5.35. The van der Waals surface area contributed by atoms with Gasteiger partial charge in [0.15, 0.2) is 0 Å². The third kappa shape index (κ3) is 3.42. The number of hydrogen-bond acceptors (Lipinski definition) is 2. The van der Waals surface area contributed by atoms with Crippen molar-refractivity contribution in [3.05, 3.63) is 38.6 Å². The molecule has 3 heteroatoms. The quantitative estimate of drug-likeness (QED) is 0.727. The predicted octanol–water partition coefficient (Wildman–Crippen LogP) is 5.47. The number of halogens is 1. The molecule has 0 aliphatic carbocycles. The predicted molar refractivity (Wildman–Crippen MR) is 83.1 cm³/mol. The molecule has 0 N–H and O–H groups in total. The largest absolute Gasteiger partial charge is 0.241 e. The first-order chi connectivity index (χ1) is 8.56. The fourth-order valence-corrected chi connectivity index (χ4v) is 3.24. The second-order valence-corrected chi connectivity index (χ2v) is 7.16. The van der Waals surface area contributed by atoms with Crippen LogP contribution in [0.1, 0.15) is 30.2 Å². The van der Waals surface area contributed by atoms with Crippen LogP contribution in [0.5, 0.6) is 0 Å². The molecule has 0 saturated carbocycles. The Balaban J connectivity index is 2.24.